The molecule has 2 aliphatic carbocycles. The van der Waals surface area contributed by atoms with Crippen molar-refractivity contribution in [3.8, 4) is 0 Å². The van der Waals surface area contributed by atoms with E-state index in [0.717, 1.165) is 44.2 Å². The second-order valence-corrected chi connectivity index (χ2v) is 12.8. The predicted octanol–water partition coefficient (Wildman–Crippen LogP) is 5.12. The van der Waals surface area contributed by atoms with E-state index in [2.05, 4.69) is 10.3 Å². The molecule has 1 N–H and O–H groups in total. The van der Waals surface area contributed by atoms with Crippen molar-refractivity contribution in [2.24, 2.45) is 5.92 Å². The van der Waals surface area contributed by atoms with Crippen molar-refractivity contribution in [3.63, 3.8) is 0 Å². The number of benzene rings is 1. The topological polar surface area (TPSA) is 94.6 Å². The molecule has 3 fully saturated rings. The van der Waals surface area contributed by atoms with Crippen molar-refractivity contribution in [3.05, 3.63) is 47.0 Å². The molecule has 2 aromatic rings. The summed E-state index contributed by atoms with van der Waals surface area (Å²) in [6.07, 6.45) is 7.66. The average molecular weight is 503 g/mol. The number of nitrogens with one attached hydrogen (secondary N) is 1. The summed E-state index contributed by atoms with van der Waals surface area (Å²) < 4.78 is 36.6. The van der Waals surface area contributed by atoms with Crippen LogP contribution in [0.15, 0.2) is 40.6 Å². The van der Waals surface area contributed by atoms with Gasteiger partial charge in [0.15, 0.2) is 20.8 Å². The van der Waals surface area contributed by atoms with Crippen LogP contribution in [0.1, 0.15) is 69.7 Å². The maximum atomic E-state index is 13.3. The lowest BCUT2D eigenvalue weighted by Gasteiger charge is -2.16. The van der Waals surface area contributed by atoms with Gasteiger partial charge in [-0.15, -0.1) is 11.3 Å². The van der Waals surface area contributed by atoms with E-state index in [4.69, 9.17) is 9.47 Å². The zero-order valence-electron chi connectivity index (χ0n) is 19.5. The first-order valence-electron chi connectivity index (χ1n) is 11.9. The lowest BCUT2D eigenvalue weighted by atomic mass is 9.98. The molecule has 2 heterocycles. The Morgan fingerprint density at radius 1 is 1.15 bits per heavy atom. The van der Waals surface area contributed by atoms with E-state index in [1.807, 2.05) is 25.3 Å². The summed E-state index contributed by atoms with van der Waals surface area (Å²) in [7, 11) is -3.26. The van der Waals surface area contributed by atoms with E-state index in [9.17, 15) is 13.2 Å². The van der Waals surface area contributed by atoms with Gasteiger partial charge in [0.1, 0.15) is 6.10 Å². The molecule has 182 valence electrons. The van der Waals surface area contributed by atoms with Crippen LogP contribution < -0.4 is 5.32 Å². The highest BCUT2D eigenvalue weighted by molar-refractivity contribution is 7.92. The van der Waals surface area contributed by atoms with Gasteiger partial charge in [-0.25, -0.2) is 13.4 Å². The fraction of sp³-hybridized carbons (Fsp3) is 0.520. The fourth-order valence-electron chi connectivity index (χ4n) is 4.55. The number of nitrogens with zero attached hydrogens (tertiary/aromatic N) is 1. The van der Waals surface area contributed by atoms with E-state index in [1.165, 1.54) is 11.3 Å². The third-order valence-electron chi connectivity index (χ3n) is 6.58. The summed E-state index contributed by atoms with van der Waals surface area (Å²) >= 11 is 1.35. The number of amides is 1. The minimum absolute atomic E-state index is 0.241. The van der Waals surface area contributed by atoms with Gasteiger partial charge in [-0.1, -0.05) is 31.1 Å². The first kappa shape index (κ1) is 23.7. The van der Waals surface area contributed by atoms with Crippen LogP contribution in [0.25, 0.3) is 5.57 Å². The largest absolute Gasteiger partial charge is 0.347 e. The van der Waals surface area contributed by atoms with E-state index >= 15 is 0 Å². The molecule has 5 rings (SSSR count). The van der Waals surface area contributed by atoms with Gasteiger partial charge in [0.25, 0.3) is 5.91 Å². The second kappa shape index (κ2) is 9.18. The normalized spacial score (nSPS) is 23.4. The van der Waals surface area contributed by atoms with Gasteiger partial charge in [0.05, 0.1) is 22.4 Å². The number of allylic oxidation sites excluding steroid dienone is 1. The van der Waals surface area contributed by atoms with Gasteiger partial charge in [-0.05, 0) is 63.1 Å². The molecule has 0 bridgehead atoms. The number of thiazole rings is 1. The zero-order valence-corrected chi connectivity index (χ0v) is 21.1. The van der Waals surface area contributed by atoms with Gasteiger partial charge in [-0.2, -0.15) is 0 Å². The van der Waals surface area contributed by atoms with Gasteiger partial charge in [0.2, 0.25) is 0 Å². The highest BCUT2D eigenvalue weighted by Crippen LogP contribution is 2.36. The van der Waals surface area contributed by atoms with Gasteiger partial charge < -0.3 is 9.47 Å². The Bertz CT molecular complexity index is 1190. The Hall–Kier alpha value is -2.07. The molecule has 1 aromatic heterocycles. The van der Waals surface area contributed by atoms with Crippen LogP contribution in [-0.2, 0) is 24.1 Å². The number of aromatic nitrogens is 1. The lowest BCUT2D eigenvalue weighted by Crippen LogP contribution is -2.19. The Kier molecular flexibility index (Phi) is 6.39. The number of ether oxygens (including phenoxy) is 2. The average Bonchev–Trinajstić information content (AvgIpc) is 3.18. The van der Waals surface area contributed by atoms with Crippen LogP contribution in [0.2, 0.25) is 0 Å². The molecule has 2 saturated carbocycles. The molecule has 1 aliphatic heterocycles. The second-order valence-electron chi connectivity index (χ2n) is 9.74. The molecule has 3 aliphatic rings. The quantitative estimate of drug-likeness (QED) is 0.529. The number of sulfone groups is 1. The Labute approximate surface area is 204 Å². The molecular formula is C25H30N2O5S2. The Morgan fingerprint density at radius 3 is 2.47 bits per heavy atom. The molecule has 34 heavy (non-hydrogen) atoms. The maximum Gasteiger partial charge on any atom is 0.257 e. The molecule has 9 heteroatoms. The number of hydrogen-bond donors (Lipinski definition) is 1. The number of rotatable bonds is 7. The molecule has 7 nitrogen and oxygen atoms in total. The number of carbonyl (C=O) groups is 1. The summed E-state index contributed by atoms with van der Waals surface area (Å²) in [4.78, 5) is 18.2. The van der Waals surface area contributed by atoms with Crippen LogP contribution in [0.4, 0.5) is 5.13 Å². The van der Waals surface area contributed by atoms with Crippen LogP contribution in [-0.4, -0.2) is 37.0 Å². The van der Waals surface area contributed by atoms with E-state index in [1.54, 1.807) is 24.3 Å². The van der Waals surface area contributed by atoms with Crippen molar-refractivity contribution in [1.29, 1.82) is 0 Å². The Morgan fingerprint density at radius 2 is 1.85 bits per heavy atom. The van der Waals surface area contributed by atoms with Crippen LogP contribution >= 0.6 is 11.3 Å². The molecule has 1 amide bonds. The number of anilines is 1. The van der Waals surface area contributed by atoms with Crippen LogP contribution in [0, 0.1) is 5.92 Å². The lowest BCUT2D eigenvalue weighted by molar-refractivity contribution is -0.139. The molecule has 0 radical (unpaired) electrons. The standard InChI is InChI=1S/C25H30N2O5S2/c1-25(2)31-14-22(32-25)21-15-33-24(26-21)27-23(28)20(13-16-5-3-4-6-16)17-7-9-18(10-8-17)34(29,30)19-11-12-19/h7-10,13,15-16,19,22H,3-6,11-12,14H2,1-2H3,(H,26,27,28). The van der Waals surface area contributed by atoms with Crippen molar-refractivity contribution in [2.45, 2.75) is 74.4 Å². The van der Waals surface area contributed by atoms with Crippen LogP contribution in [0.5, 0.6) is 0 Å². The molecular weight excluding hydrogens is 472 g/mol. The Balaban J connectivity index is 1.36. The molecule has 0 spiro atoms. The predicted molar refractivity (Wildman–Crippen MR) is 131 cm³/mol. The molecule has 1 saturated heterocycles. The van der Waals surface area contributed by atoms with Crippen LogP contribution in [0.3, 0.4) is 0 Å². The first-order valence-corrected chi connectivity index (χ1v) is 14.3. The summed E-state index contributed by atoms with van der Waals surface area (Å²) in [6, 6.07) is 6.74. The third-order valence-corrected chi connectivity index (χ3v) is 9.64. The van der Waals surface area contributed by atoms with Gasteiger partial charge in [-0.3, -0.25) is 10.1 Å². The molecule has 1 unspecified atom stereocenters. The van der Waals surface area contributed by atoms with E-state index in [0.29, 0.717) is 33.7 Å². The third kappa shape index (κ3) is 5.12. The van der Waals surface area contributed by atoms with Crippen molar-refractivity contribution >= 4 is 37.8 Å². The SMILES string of the molecule is CC1(C)OCC(c2csc(NC(=O)C(=CC3CCCC3)c3ccc(S(=O)(=O)C4CC4)cc3)n2)O1. The monoisotopic (exact) mass is 502 g/mol. The maximum absolute atomic E-state index is 13.3. The summed E-state index contributed by atoms with van der Waals surface area (Å²) in [6.45, 7) is 4.15. The minimum atomic E-state index is -3.26. The van der Waals surface area contributed by atoms with Crippen molar-refractivity contribution in [2.75, 3.05) is 11.9 Å². The summed E-state index contributed by atoms with van der Waals surface area (Å²) in [5, 5.41) is 5.06. The smallest absolute Gasteiger partial charge is 0.257 e. The van der Waals surface area contributed by atoms with Crippen molar-refractivity contribution in [1.82, 2.24) is 4.98 Å². The van der Waals surface area contributed by atoms with E-state index in [-0.39, 0.29) is 17.3 Å². The molecule has 1 aromatic carbocycles. The highest BCUT2D eigenvalue weighted by Gasteiger charge is 2.37. The van der Waals surface area contributed by atoms with Gasteiger partial charge in [0, 0.05) is 11.0 Å². The minimum Gasteiger partial charge on any atom is -0.347 e. The fourth-order valence-corrected chi connectivity index (χ4v) is 6.95. The number of carbonyl (C=O) groups excluding carboxylic acids is 1. The zero-order chi connectivity index (χ0) is 23.9. The van der Waals surface area contributed by atoms with Crippen molar-refractivity contribution < 1.29 is 22.7 Å². The number of hydrogen-bond acceptors (Lipinski definition) is 7. The van der Waals surface area contributed by atoms with E-state index < -0.39 is 15.6 Å². The van der Waals surface area contributed by atoms with Gasteiger partial charge >= 0.3 is 0 Å². The summed E-state index contributed by atoms with van der Waals surface area (Å²) in [5.41, 5.74) is 2.01. The highest BCUT2D eigenvalue weighted by atomic mass is 32.2. The molecule has 1 atom stereocenters. The summed E-state index contributed by atoms with van der Waals surface area (Å²) in [5.74, 6) is -0.545. The first-order chi connectivity index (χ1) is 16.2.